The molecule has 6 nitrogen and oxygen atoms in total. The van der Waals surface area contributed by atoms with Gasteiger partial charge in [0.05, 0.1) is 18.8 Å². The molecular weight excluding hydrogens is 308 g/mol. The van der Waals surface area contributed by atoms with Crippen molar-refractivity contribution in [1.29, 1.82) is 0 Å². The van der Waals surface area contributed by atoms with Crippen LogP contribution in [-0.4, -0.2) is 66.8 Å². The second-order valence-electron chi connectivity index (χ2n) is 6.34. The van der Waals surface area contributed by atoms with Crippen LogP contribution in [0.2, 0.25) is 0 Å². The number of ether oxygens (including phenoxy) is 1. The number of piperazine rings is 1. The summed E-state index contributed by atoms with van der Waals surface area (Å²) in [7, 11) is 1.61. The number of furan rings is 1. The number of amides is 1. The van der Waals surface area contributed by atoms with E-state index in [-0.39, 0.29) is 12.0 Å². The number of nitrogens with zero attached hydrogens (tertiary/aromatic N) is 2. The van der Waals surface area contributed by atoms with Gasteiger partial charge in [0.2, 0.25) is 0 Å². The molecule has 1 saturated heterocycles. The molecule has 1 amide bonds. The molecule has 130 valence electrons. The third-order valence-electron chi connectivity index (χ3n) is 4.47. The third-order valence-corrected chi connectivity index (χ3v) is 4.47. The smallest absolute Gasteiger partial charge is 0.258 e. The maximum absolute atomic E-state index is 13.0. The van der Waals surface area contributed by atoms with Crippen LogP contribution in [0.4, 0.5) is 0 Å². The lowest BCUT2D eigenvalue weighted by atomic mass is 10.1. The van der Waals surface area contributed by atoms with Crippen LogP contribution < -0.4 is 4.74 Å². The molecule has 0 bridgehead atoms. The van der Waals surface area contributed by atoms with Crippen LogP contribution >= 0.6 is 0 Å². The SMILES string of the molecule is COc1ccc2oc(C)c(C(=O)N3CCN(C[C@H](C)O)CC3)c2c1. The number of aryl methyl sites for hydroxylation is 1. The van der Waals surface area contributed by atoms with Gasteiger partial charge >= 0.3 is 0 Å². The fourth-order valence-corrected chi connectivity index (χ4v) is 3.26. The number of aliphatic hydroxyl groups is 1. The molecule has 3 rings (SSSR count). The minimum absolute atomic E-state index is 0.00352. The second-order valence-corrected chi connectivity index (χ2v) is 6.34. The highest BCUT2D eigenvalue weighted by Gasteiger charge is 2.27. The fraction of sp³-hybridized carbons (Fsp3) is 0.500. The Hall–Kier alpha value is -2.05. The highest BCUT2D eigenvalue weighted by molar-refractivity contribution is 6.07. The van der Waals surface area contributed by atoms with E-state index in [0.717, 1.165) is 18.5 Å². The Labute approximate surface area is 141 Å². The van der Waals surface area contributed by atoms with Crippen LogP contribution in [0.25, 0.3) is 11.0 Å². The van der Waals surface area contributed by atoms with Gasteiger partial charge in [-0.2, -0.15) is 0 Å². The number of carbonyl (C=O) groups is 1. The highest BCUT2D eigenvalue weighted by Crippen LogP contribution is 2.30. The molecular formula is C18H24N2O4. The van der Waals surface area contributed by atoms with Crippen LogP contribution in [0.1, 0.15) is 23.0 Å². The largest absolute Gasteiger partial charge is 0.497 e. The van der Waals surface area contributed by atoms with Gasteiger partial charge < -0.3 is 19.2 Å². The predicted molar refractivity (Wildman–Crippen MR) is 91.5 cm³/mol. The molecule has 0 aliphatic carbocycles. The van der Waals surface area contributed by atoms with E-state index in [1.54, 1.807) is 14.0 Å². The number of hydrogen-bond acceptors (Lipinski definition) is 5. The molecule has 2 heterocycles. The van der Waals surface area contributed by atoms with E-state index < -0.39 is 0 Å². The number of β-amino-alcohol motifs (C(OH)–C–C–N with tert-alkyl or cyclic N) is 1. The van der Waals surface area contributed by atoms with Gasteiger partial charge in [-0.1, -0.05) is 0 Å². The zero-order valence-electron chi connectivity index (χ0n) is 14.4. The molecule has 1 fully saturated rings. The minimum Gasteiger partial charge on any atom is -0.497 e. The number of carbonyl (C=O) groups excluding carboxylic acids is 1. The number of hydrogen-bond donors (Lipinski definition) is 1. The van der Waals surface area contributed by atoms with Crippen molar-refractivity contribution in [2.24, 2.45) is 0 Å². The Bertz CT molecular complexity index is 730. The molecule has 0 unspecified atom stereocenters. The molecule has 1 aromatic heterocycles. The normalized spacial score (nSPS) is 17.2. The van der Waals surface area contributed by atoms with Gasteiger partial charge in [0, 0.05) is 38.1 Å². The number of methoxy groups -OCH3 is 1. The maximum Gasteiger partial charge on any atom is 0.258 e. The van der Waals surface area contributed by atoms with Crippen molar-refractivity contribution in [3.63, 3.8) is 0 Å². The molecule has 1 aliphatic heterocycles. The average molecular weight is 332 g/mol. The second kappa shape index (κ2) is 6.83. The predicted octanol–water partition coefficient (Wildman–Crippen LogP) is 1.89. The topological polar surface area (TPSA) is 66.2 Å². The average Bonchev–Trinajstić information content (AvgIpc) is 2.89. The lowest BCUT2D eigenvalue weighted by Gasteiger charge is -2.35. The molecule has 1 aromatic carbocycles. The van der Waals surface area contributed by atoms with Crippen molar-refractivity contribution in [3.8, 4) is 5.75 Å². The first-order valence-corrected chi connectivity index (χ1v) is 8.26. The molecule has 24 heavy (non-hydrogen) atoms. The van der Waals surface area contributed by atoms with Gasteiger partial charge in [0.25, 0.3) is 5.91 Å². The molecule has 0 radical (unpaired) electrons. The summed E-state index contributed by atoms with van der Waals surface area (Å²) in [6, 6.07) is 5.51. The summed E-state index contributed by atoms with van der Waals surface area (Å²) in [5.74, 6) is 1.34. The zero-order chi connectivity index (χ0) is 17.3. The lowest BCUT2D eigenvalue weighted by Crippen LogP contribution is -2.50. The van der Waals surface area contributed by atoms with Gasteiger partial charge in [-0.3, -0.25) is 9.69 Å². The van der Waals surface area contributed by atoms with Crippen LogP contribution in [0.5, 0.6) is 5.75 Å². The summed E-state index contributed by atoms with van der Waals surface area (Å²) in [6.07, 6.45) is -0.347. The van der Waals surface area contributed by atoms with Crippen LogP contribution in [0.3, 0.4) is 0 Å². The van der Waals surface area contributed by atoms with Crippen molar-refractivity contribution in [2.45, 2.75) is 20.0 Å². The molecule has 2 aromatic rings. The zero-order valence-corrected chi connectivity index (χ0v) is 14.4. The number of benzene rings is 1. The van der Waals surface area contributed by atoms with E-state index in [1.165, 1.54) is 0 Å². The summed E-state index contributed by atoms with van der Waals surface area (Å²) in [4.78, 5) is 17.0. The Morgan fingerprint density at radius 1 is 1.33 bits per heavy atom. The summed E-state index contributed by atoms with van der Waals surface area (Å²) in [5, 5.41) is 10.3. The van der Waals surface area contributed by atoms with Crippen molar-refractivity contribution in [3.05, 3.63) is 29.5 Å². The fourth-order valence-electron chi connectivity index (χ4n) is 3.26. The minimum atomic E-state index is -0.347. The van der Waals surface area contributed by atoms with Crippen LogP contribution in [0, 0.1) is 6.92 Å². The lowest BCUT2D eigenvalue weighted by molar-refractivity contribution is 0.0554. The first kappa shape index (κ1) is 16.8. The van der Waals surface area contributed by atoms with Crippen LogP contribution in [0.15, 0.2) is 22.6 Å². The number of rotatable bonds is 4. The highest BCUT2D eigenvalue weighted by atomic mass is 16.5. The first-order chi connectivity index (χ1) is 11.5. The summed E-state index contributed by atoms with van der Waals surface area (Å²) < 4.78 is 11.0. The third kappa shape index (κ3) is 3.25. The summed E-state index contributed by atoms with van der Waals surface area (Å²) >= 11 is 0. The van der Waals surface area contributed by atoms with Crippen molar-refractivity contribution < 1.29 is 19.1 Å². The Kier molecular flexibility index (Phi) is 4.78. The Morgan fingerprint density at radius 3 is 2.67 bits per heavy atom. The van der Waals surface area contributed by atoms with Gasteiger partial charge in [-0.25, -0.2) is 0 Å². The van der Waals surface area contributed by atoms with Gasteiger partial charge in [0.15, 0.2) is 0 Å². The quantitative estimate of drug-likeness (QED) is 0.926. The molecule has 0 spiro atoms. The van der Waals surface area contributed by atoms with Gasteiger partial charge in [-0.15, -0.1) is 0 Å². The van der Waals surface area contributed by atoms with E-state index in [2.05, 4.69) is 4.90 Å². The van der Waals surface area contributed by atoms with Crippen molar-refractivity contribution in [1.82, 2.24) is 9.80 Å². The van der Waals surface area contributed by atoms with Gasteiger partial charge in [-0.05, 0) is 32.0 Å². The standard InChI is InChI=1S/C18H24N2O4/c1-12(21)11-19-6-8-20(9-7-19)18(22)17-13(2)24-16-5-4-14(23-3)10-15(16)17/h4-5,10,12,21H,6-9,11H2,1-3H3/t12-/m0/s1. The Morgan fingerprint density at radius 2 is 2.04 bits per heavy atom. The van der Waals surface area contributed by atoms with Crippen molar-refractivity contribution in [2.75, 3.05) is 39.8 Å². The summed E-state index contributed by atoms with van der Waals surface area (Å²) in [5.41, 5.74) is 1.32. The van der Waals surface area contributed by atoms with E-state index in [0.29, 0.717) is 42.3 Å². The van der Waals surface area contributed by atoms with E-state index in [9.17, 15) is 9.90 Å². The Balaban J connectivity index is 1.80. The number of aliphatic hydroxyl groups excluding tert-OH is 1. The van der Waals surface area contributed by atoms with E-state index >= 15 is 0 Å². The monoisotopic (exact) mass is 332 g/mol. The summed E-state index contributed by atoms with van der Waals surface area (Å²) in [6.45, 7) is 7.11. The molecule has 1 atom stereocenters. The first-order valence-electron chi connectivity index (χ1n) is 8.26. The molecule has 6 heteroatoms. The molecule has 1 aliphatic rings. The number of fused-ring (bicyclic) bond motifs is 1. The molecule has 0 saturated carbocycles. The van der Waals surface area contributed by atoms with Gasteiger partial charge in [0.1, 0.15) is 17.1 Å². The maximum atomic E-state index is 13.0. The molecule has 1 N–H and O–H groups in total. The van der Waals surface area contributed by atoms with Crippen molar-refractivity contribution >= 4 is 16.9 Å². The van der Waals surface area contributed by atoms with Crippen LogP contribution in [-0.2, 0) is 0 Å². The van der Waals surface area contributed by atoms with E-state index in [4.69, 9.17) is 9.15 Å². The van der Waals surface area contributed by atoms with E-state index in [1.807, 2.05) is 30.0 Å².